The summed E-state index contributed by atoms with van der Waals surface area (Å²) in [6.07, 6.45) is 6.66. The first-order valence-electron chi connectivity index (χ1n) is 8.66. The van der Waals surface area contributed by atoms with Gasteiger partial charge in [0, 0.05) is 23.6 Å². The molecule has 0 radical (unpaired) electrons. The minimum absolute atomic E-state index is 0. The molecule has 4 rings (SSSR count). The molecule has 0 saturated carbocycles. The lowest BCUT2D eigenvalue weighted by Gasteiger charge is -2.17. The second-order valence-electron chi connectivity index (χ2n) is 5.83. The summed E-state index contributed by atoms with van der Waals surface area (Å²) in [6.45, 7) is 6.39. The molecule has 3 aromatic rings. The van der Waals surface area contributed by atoms with Gasteiger partial charge in [-0.3, -0.25) is 0 Å². The quantitative estimate of drug-likeness (QED) is 0.439. The van der Waals surface area contributed by atoms with E-state index in [1.54, 1.807) is 0 Å². The van der Waals surface area contributed by atoms with E-state index < -0.39 is 0 Å². The molecule has 142 valence electrons. The Morgan fingerprint density at radius 2 is 1.74 bits per heavy atom. The van der Waals surface area contributed by atoms with Crippen molar-refractivity contribution in [2.45, 2.75) is 40.1 Å². The summed E-state index contributed by atoms with van der Waals surface area (Å²) in [4.78, 5) is 3.72. The highest BCUT2D eigenvalue weighted by Crippen LogP contribution is 2.45. The first-order chi connectivity index (χ1) is 12.3. The summed E-state index contributed by atoms with van der Waals surface area (Å²) in [6, 6.07) is 17.2. The molecule has 0 atom stereocenters. The molecule has 0 spiro atoms. The fourth-order valence-electron chi connectivity index (χ4n) is 3.22. The van der Waals surface area contributed by atoms with Crippen molar-refractivity contribution in [1.82, 2.24) is 0 Å². The molecular weight excluding hydrogens is 368 g/mol. The Kier molecular flexibility index (Phi) is 7.28. The molecule has 0 unspecified atom stereocenters. The Bertz CT molecular complexity index is 969. The lowest BCUT2D eigenvalue weighted by atomic mass is 10.3. The fourth-order valence-corrected chi connectivity index (χ4v) is 5.50. The predicted octanol–water partition coefficient (Wildman–Crippen LogP) is 6.97. The van der Waals surface area contributed by atoms with Gasteiger partial charge in [-0.15, -0.1) is 0 Å². The number of anilines is 1. The number of fused-ring (bicyclic) bond motifs is 2. The van der Waals surface area contributed by atoms with Crippen molar-refractivity contribution in [2.24, 2.45) is 0 Å². The molecule has 2 heterocycles. The Labute approximate surface area is 171 Å². The van der Waals surface area contributed by atoms with Gasteiger partial charge in [-0.2, -0.15) is 4.57 Å². The van der Waals surface area contributed by atoms with Crippen molar-refractivity contribution in [2.75, 3.05) is 11.4 Å². The van der Waals surface area contributed by atoms with Crippen LogP contribution in [-0.2, 0) is 6.54 Å². The van der Waals surface area contributed by atoms with Crippen LogP contribution in [0.2, 0.25) is 0 Å². The topological polar surface area (TPSA) is 7.12 Å². The molecule has 2 aromatic carbocycles. The number of rotatable bonds is 4. The maximum atomic E-state index is 2.38. The molecule has 2 nitrogen and oxygen atoms in total. The third-order valence-electron chi connectivity index (χ3n) is 4.38. The lowest BCUT2D eigenvalue weighted by molar-refractivity contribution is -0.665. The largest absolute Gasteiger partial charge is 0.335 e. The van der Waals surface area contributed by atoms with E-state index in [2.05, 4.69) is 90.1 Å². The SMILES string of the molecule is C.C.CCN1/C(=C\C=C\c2sc3ccccc3[n+]2CC)Sc2ccccc21. The molecule has 0 fully saturated rings. The Morgan fingerprint density at radius 1 is 1.00 bits per heavy atom. The minimum Gasteiger partial charge on any atom is -0.335 e. The van der Waals surface area contributed by atoms with Crippen molar-refractivity contribution in [1.29, 1.82) is 0 Å². The van der Waals surface area contributed by atoms with Crippen LogP contribution in [0.15, 0.2) is 70.6 Å². The molecule has 1 aliphatic heterocycles. The van der Waals surface area contributed by atoms with Gasteiger partial charge in [-0.1, -0.05) is 68.3 Å². The van der Waals surface area contributed by atoms with Crippen LogP contribution >= 0.6 is 23.1 Å². The zero-order chi connectivity index (χ0) is 17.2. The van der Waals surface area contributed by atoms with Crippen molar-refractivity contribution < 1.29 is 4.57 Å². The van der Waals surface area contributed by atoms with Crippen LogP contribution in [0, 0.1) is 0 Å². The second-order valence-corrected chi connectivity index (χ2v) is 7.95. The highest BCUT2D eigenvalue weighted by Gasteiger charge is 2.22. The smallest absolute Gasteiger partial charge is 0.262 e. The zero-order valence-corrected chi connectivity index (χ0v) is 16.1. The first-order valence-corrected chi connectivity index (χ1v) is 10.3. The van der Waals surface area contributed by atoms with E-state index in [9.17, 15) is 0 Å². The highest BCUT2D eigenvalue weighted by atomic mass is 32.2. The molecule has 27 heavy (non-hydrogen) atoms. The van der Waals surface area contributed by atoms with Crippen molar-refractivity contribution in [3.8, 4) is 0 Å². The average Bonchev–Trinajstić information content (AvgIpc) is 3.18. The molecule has 1 aromatic heterocycles. The maximum absolute atomic E-state index is 2.38. The predicted molar refractivity (Wildman–Crippen MR) is 124 cm³/mol. The van der Waals surface area contributed by atoms with E-state index in [1.807, 2.05) is 23.1 Å². The number of thioether (sulfide) groups is 1. The van der Waals surface area contributed by atoms with E-state index in [0.717, 1.165) is 13.1 Å². The Balaban J connectivity index is 0.00000131. The van der Waals surface area contributed by atoms with Crippen LogP contribution in [-0.4, -0.2) is 6.54 Å². The van der Waals surface area contributed by atoms with E-state index in [-0.39, 0.29) is 14.9 Å². The van der Waals surface area contributed by atoms with Crippen molar-refractivity contribution in [3.63, 3.8) is 0 Å². The van der Waals surface area contributed by atoms with Crippen LogP contribution in [0.25, 0.3) is 16.3 Å². The molecule has 0 bridgehead atoms. The molecule has 4 heteroatoms. The summed E-state index contributed by atoms with van der Waals surface area (Å²) in [5.41, 5.74) is 2.64. The van der Waals surface area contributed by atoms with Crippen LogP contribution in [0.4, 0.5) is 5.69 Å². The summed E-state index contributed by atoms with van der Waals surface area (Å²) < 4.78 is 3.72. The van der Waals surface area contributed by atoms with Crippen LogP contribution in [0.1, 0.15) is 33.7 Å². The van der Waals surface area contributed by atoms with Gasteiger partial charge >= 0.3 is 0 Å². The fraction of sp³-hybridized carbons (Fsp3) is 0.261. The summed E-state index contributed by atoms with van der Waals surface area (Å²) in [5.74, 6) is 0. The number of hydrogen-bond acceptors (Lipinski definition) is 3. The van der Waals surface area contributed by atoms with Gasteiger partial charge in [0.05, 0.1) is 10.7 Å². The number of aromatic nitrogens is 1. The minimum atomic E-state index is 0. The molecule has 0 aliphatic carbocycles. The van der Waals surface area contributed by atoms with Gasteiger partial charge in [0.15, 0.2) is 0 Å². The molecule has 0 N–H and O–H groups in total. The number of allylic oxidation sites excluding steroid dienone is 2. The summed E-state index contributed by atoms with van der Waals surface area (Å²) in [5, 5.41) is 2.59. The first kappa shape index (κ1) is 21.3. The number of nitrogens with zero attached hydrogens (tertiary/aromatic N) is 2. The van der Waals surface area contributed by atoms with Crippen molar-refractivity contribution in [3.05, 3.63) is 70.7 Å². The number of hydrogen-bond donors (Lipinski definition) is 0. The molecule has 0 amide bonds. The van der Waals surface area contributed by atoms with E-state index in [1.165, 1.54) is 30.8 Å². The average molecular weight is 398 g/mol. The molecule has 0 saturated heterocycles. The van der Waals surface area contributed by atoms with Crippen LogP contribution in [0.3, 0.4) is 0 Å². The molecular formula is C23H29N2S2+. The van der Waals surface area contributed by atoms with Gasteiger partial charge in [0.1, 0.15) is 11.2 Å². The number of aryl methyl sites for hydroxylation is 1. The van der Waals surface area contributed by atoms with Crippen LogP contribution < -0.4 is 9.47 Å². The van der Waals surface area contributed by atoms with Gasteiger partial charge < -0.3 is 4.90 Å². The Morgan fingerprint density at radius 3 is 2.52 bits per heavy atom. The maximum Gasteiger partial charge on any atom is 0.262 e. The van der Waals surface area contributed by atoms with E-state index >= 15 is 0 Å². The second kappa shape index (κ2) is 9.25. The van der Waals surface area contributed by atoms with E-state index in [4.69, 9.17) is 0 Å². The molecule has 1 aliphatic rings. The summed E-state index contributed by atoms with van der Waals surface area (Å²) >= 11 is 3.70. The van der Waals surface area contributed by atoms with Gasteiger partial charge in [0.2, 0.25) is 5.52 Å². The standard InChI is InChI=1S/C21H21N2S2.2CH4/c1-3-22-16-10-5-7-12-18(16)24-20(22)14-9-15-21-23(4-2)17-11-6-8-13-19(17)25-21;;/h5-15H,3-4H2,1-2H3;2*1H4/q+1;;. The van der Waals surface area contributed by atoms with Gasteiger partial charge in [-0.05, 0) is 38.1 Å². The Hall–Kier alpha value is -2.04. The van der Waals surface area contributed by atoms with Crippen LogP contribution in [0.5, 0.6) is 0 Å². The third kappa shape index (κ3) is 3.97. The highest BCUT2D eigenvalue weighted by molar-refractivity contribution is 8.03. The number of para-hydroxylation sites is 2. The number of benzene rings is 2. The zero-order valence-electron chi connectivity index (χ0n) is 14.5. The lowest BCUT2D eigenvalue weighted by Crippen LogP contribution is -2.33. The number of thiazole rings is 1. The van der Waals surface area contributed by atoms with Gasteiger partial charge in [-0.25, -0.2) is 0 Å². The summed E-state index contributed by atoms with van der Waals surface area (Å²) in [7, 11) is 0. The normalized spacial score (nSPS) is 14.4. The van der Waals surface area contributed by atoms with E-state index in [0.29, 0.717) is 0 Å². The third-order valence-corrected chi connectivity index (χ3v) is 6.64. The monoisotopic (exact) mass is 397 g/mol. The van der Waals surface area contributed by atoms with Gasteiger partial charge in [0.25, 0.3) is 5.01 Å². The van der Waals surface area contributed by atoms with Crippen molar-refractivity contribution >= 4 is 45.1 Å².